The van der Waals surface area contributed by atoms with Crippen LogP contribution in [0.2, 0.25) is 0 Å². The van der Waals surface area contributed by atoms with E-state index in [1.807, 2.05) is 0 Å². The molecule has 0 spiro atoms. The van der Waals surface area contributed by atoms with Crippen molar-refractivity contribution in [1.82, 2.24) is 0 Å². The lowest BCUT2D eigenvalue weighted by molar-refractivity contribution is -0.143. The summed E-state index contributed by atoms with van der Waals surface area (Å²) in [5.74, 6) is -0.0449. The van der Waals surface area contributed by atoms with Crippen LogP contribution in [0.5, 0.6) is 0 Å². The van der Waals surface area contributed by atoms with Crippen molar-refractivity contribution < 1.29 is 9.53 Å². The Morgan fingerprint density at radius 1 is 0.800 bits per heavy atom. The third-order valence-corrected chi connectivity index (χ3v) is 4.09. The number of alkyl halides is 1. The predicted molar refractivity (Wildman–Crippen MR) is 90.4 cm³/mol. The molecule has 0 heterocycles. The average molecular weight is 349 g/mol. The Morgan fingerprint density at radius 2 is 1.30 bits per heavy atom. The SMILES string of the molecule is CCCCCCCCCCCCCOC(=O)CCCBr. The third kappa shape index (κ3) is 16.0. The van der Waals surface area contributed by atoms with Crippen molar-refractivity contribution >= 4 is 21.9 Å². The molecule has 0 saturated heterocycles. The van der Waals surface area contributed by atoms with E-state index in [0.717, 1.165) is 18.2 Å². The molecule has 0 atom stereocenters. The molecule has 0 unspecified atom stereocenters. The maximum Gasteiger partial charge on any atom is 0.305 e. The highest BCUT2D eigenvalue weighted by Crippen LogP contribution is 2.11. The lowest BCUT2D eigenvalue weighted by Gasteiger charge is -2.04. The first kappa shape index (κ1) is 19.9. The van der Waals surface area contributed by atoms with Crippen molar-refractivity contribution in [3.8, 4) is 0 Å². The molecule has 0 aromatic heterocycles. The first-order chi connectivity index (χ1) is 9.81. The Morgan fingerprint density at radius 3 is 1.80 bits per heavy atom. The van der Waals surface area contributed by atoms with Crippen molar-refractivity contribution in [1.29, 1.82) is 0 Å². The molecule has 0 aliphatic rings. The van der Waals surface area contributed by atoms with Crippen molar-refractivity contribution in [2.24, 2.45) is 0 Å². The minimum absolute atomic E-state index is 0.0449. The van der Waals surface area contributed by atoms with Gasteiger partial charge < -0.3 is 4.74 Å². The summed E-state index contributed by atoms with van der Waals surface area (Å²) in [4.78, 5) is 11.2. The van der Waals surface area contributed by atoms with Crippen LogP contribution in [0, 0.1) is 0 Å². The lowest BCUT2D eigenvalue weighted by Crippen LogP contribution is -2.05. The quantitative estimate of drug-likeness (QED) is 0.205. The Balaban J connectivity index is 3.04. The summed E-state index contributed by atoms with van der Waals surface area (Å²) in [6.07, 6.45) is 16.0. The van der Waals surface area contributed by atoms with Gasteiger partial charge in [0, 0.05) is 11.8 Å². The maximum absolute atomic E-state index is 11.2. The number of hydrogen-bond donors (Lipinski definition) is 0. The lowest BCUT2D eigenvalue weighted by atomic mass is 10.1. The van der Waals surface area contributed by atoms with Gasteiger partial charge in [-0.1, -0.05) is 87.1 Å². The molecule has 2 nitrogen and oxygen atoms in total. The third-order valence-electron chi connectivity index (χ3n) is 3.53. The summed E-state index contributed by atoms with van der Waals surface area (Å²) < 4.78 is 5.17. The second-order valence-electron chi connectivity index (χ2n) is 5.55. The highest BCUT2D eigenvalue weighted by Gasteiger charge is 2.01. The first-order valence-corrected chi connectivity index (χ1v) is 9.65. The van der Waals surface area contributed by atoms with Crippen LogP contribution in [0.15, 0.2) is 0 Å². The first-order valence-electron chi connectivity index (χ1n) is 8.52. The Bertz CT molecular complexity index is 207. The summed E-state index contributed by atoms with van der Waals surface area (Å²) >= 11 is 3.31. The van der Waals surface area contributed by atoms with E-state index in [1.165, 1.54) is 64.2 Å². The highest BCUT2D eigenvalue weighted by molar-refractivity contribution is 9.09. The zero-order valence-corrected chi connectivity index (χ0v) is 14.9. The van der Waals surface area contributed by atoms with Crippen LogP contribution in [0.3, 0.4) is 0 Å². The maximum atomic E-state index is 11.2. The van der Waals surface area contributed by atoms with Crippen molar-refractivity contribution in [3.63, 3.8) is 0 Å². The van der Waals surface area contributed by atoms with Gasteiger partial charge in [0.15, 0.2) is 0 Å². The van der Waals surface area contributed by atoms with Crippen LogP contribution in [0.1, 0.15) is 90.4 Å². The smallest absolute Gasteiger partial charge is 0.305 e. The van der Waals surface area contributed by atoms with E-state index in [1.54, 1.807) is 0 Å². The molecular formula is C17H33BrO2. The molecule has 0 saturated carbocycles. The Hall–Kier alpha value is -0.0500. The van der Waals surface area contributed by atoms with Crippen molar-refractivity contribution in [2.75, 3.05) is 11.9 Å². The monoisotopic (exact) mass is 348 g/mol. The standard InChI is InChI=1S/C17H33BrO2/c1-2-3-4-5-6-7-8-9-10-11-12-16-20-17(19)14-13-15-18/h2-16H2,1H3. The summed E-state index contributed by atoms with van der Waals surface area (Å²) in [5.41, 5.74) is 0. The second kappa shape index (κ2) is 17.0. The van der Waals surface area contributed by atoms with Crippen molar-refractivity contribution in [2.45, 2.75) is 90.4 Å². The minimum atomic E-state index is -0.0449. The fourth-order valence-electron chi connectivity index (χ4n) is 2.24. The number of carbonyl (C=O) groups is 1. The average Bonchev–Trinajstić information content (AvgIpc) is 2.46. The molecule has 20 heavy (non-hydrogen) atoms. The molecule has 0 aliphatic heterocycles. The fourth-order valence-corrected chi connectivity index (χ4v) is 2.52. The van der Waals surface area contributed by atoms with Gasteiger partial charge in [-0.2, -0.15) is 0 Å². The number of unbranched alkanes of at least 4 members (excludes halogenated alkanes) is 10. The summed E-state index contributed by atoms with van der Waals surface area (Å²) in [6.45, 7) is 2.87. The van der Waals surface area contributed by atoms with Crippen molar-refractivity contribution in [3.05, 3.63) is 0 Å². The van der Waals surface area contributed by atoms with Crippen LogP contribution in [-0.4, -0.2) is 17.9 Å². The highest BCUT2D eigenvalue weighted by atomic mass is 79.9. The molecule has 3 heteroatoms. The number of carbonyl (C=O) groups excluding carboxylic acids is 1. The van der Waals surface area contributed by atoms with E-state index in [2.05, 4.69) is 22.9 Å². The second-order valence-corrected chi connectivity index (χ2v) is 6.34. The van der Waals surface area contributed by atoms with E-state index < -0.39 is 0 Å². The number of halogens is 1. The van der Waals surface area contributed by atoms with Crippen LogP contribution >= 0.6 is 15.9 Å². The molecule has 0 radical (unpaired) electrons. The summed E-state index contributed by atoms with van der Waals surface area (Å²) in [7, 11) is 0. The predicted octanol–water partition coefficient (Wildman–Crippen LogP) is 6.02. The minimum Gasteiger partial charge on any atom is -0.466 e. The molecule has 0 aromatic rings. The van der Waals surface area contributed by atoms with E-state index in [4.69, 9.17) is 4.74 Å². The van der Waals surface area contributed by atoms with E-state index >= 15 is 0 Å². The van der Waals surface area contributed by atoms with Crippen LogP contribution < -0.4 is 0 Å². The van der Waals surface area contributed by atoms with Crippen LogP contribution in [0.25, 0.3) is 0 Å². The topological polar surface area (TPSA) is 26.3 Å². The molecule has 120 valence electrons. The van der Waals surface area contributed by atoms with Crippen LogP contribution in [-0.2, 0) is 9.53 Å². The van der Waals surface area contributed by atoms with Crippen LogP contribution in [0.4, 0.5) is 0 Å². The van der Waals surface area contributed by atoms with Gasteiger partial charge in [0.1, 0.15) is 0 Å². The van der Waals surface area contributed by atoms with Gasteiger partial charge >= 0.3 is 5.97 Å². The van der Waals surface area contributed by atoms with E-state index in [-0.39, 0.29) is 5.97 Å². The van der Waals surface area contributed by atoms with E-state index in [0.29, 0.717) is 13.0 Å². The Kier molecular flexibility index (Phi) is 17.0. The molecule has 0 amide bonds. The number of esters is 1. The normalized spacial score (nSPS) is 10.7. The van der Waals surface area contributed by atoms with Gasteiger partial charge in [-0.25, -0.2) is 0 Å². The molecule has 0 rings (SSSR count). The van der Waals surface area contributed by atoms with Gasteiger partial charge in [-0.15, -0.1) is 0 Å². The summed E-state index contributed by atoms with van der Waals surface area (Å²) in [5, 5.41) is 0.876. The number of ether oxygens (including phenoxy) is 1. The fraction of sp³-hybridized carbons (Fsp3) is 0.941. The zero-order chi connectivity index (χ0) is 14.9. The largest absolute Gasteiger partial charge is 0.466 e. The molecular weight excluding hydrogens is 316 g/mol. The molecule has 0 aliphatic carbocycles. The molecule has 0 aromatic carbocycles. The molecule has 0 fully saturated rings. The molecule has 0 N–H and O–H groups in total. The van der Waals surface area contributed by atoms with Gasteiger partial charge in [0.25, 0.3) is 0 Å². The molecule has 0 bridgehead atoms. The Labute approximate surface area is 134 Å². The van der Waals surface area contributed by atoms with Gasteiger partial charge in [-0.05, 0) is 12.8 Å². The van der Waals surface area contributed by atoms with Gasteiger partial charge in [0.05, 0.1) is 6.61 Å². The summed E-state index contributed by atoms with van der Waals surface area (Å²) in [6, 6.07) is 0. The zero-order valence-electron chi connectivity index (χ0n) is 13.3. The number of hydrogen-bond acceptors (Lipinski definition) is 2. The van der Waals surface area contributed by atoms with Gasteiger partial charge in [0.2, 0.25) is 0 Å². The number of rotatable bonds is 15. The van der Waals surface area contributed by atoms with Gasteiger partial charge in [-0.3, -0.25) is 4.79 Å². The van der Waals surface area contributed by atoms with E-state index in [9.17, 15) is 4.79 Å².